The Morgan fingerprint density at radius 3 is 2.04 bits per heavy atom. The van der Waals surface area contributed by atoms with E-state index >= 15 is 0 Å². The highest BCUT2D eigenvalue weighted by atomic mass is 35.5. The summed E-state index contributed by atoms with van der Waals surface area (Å²) >= 11 is 6.15. The minimum atomic E-state index is -0.919. The maximum absolute atomic E-state index is 12.6. The molecule has 1 heterocycles. The summed E-state index contributed by atoms with van der Waals surface area (Å²) in [6.07, 6.45) is 0. The van der Waals surface area contributed by atoms with E-state index in [1.54, 1.807) is 37.3 Å². The molecular formula is C19H17ClN2O3. The van der Waals surface area contributed by atoms with Gasteiger partial charge in [0, 0.05) is 5.02 Å². The second kappa shape index (κ2) is 6.69. The molecule has 3 amide bonds. The number of benzene rings is 2. The number of nitrogens with one attached hydrogen (secondary N) is 1. The highest BCUT2D eigenvalue weighted by Gasteiger charge is 2.40. The molecule has 5 nitrogen and oxygen atoms in total. The average molecular weight is 357 g/mol. The van der Waals surface area contributed by atoms with Crippen molar-refractivity contribution in [1.29, 1.82) is 0 Å². The first-order valence-corrected chi connectivity index (χ1v) is 8.31. The zero-order valence-corrected chi connectivity index (χ0v) is 14.6. The molecule has 2 atom stereocenters. The highest BCUT2D eigenvalue weighted by molar-refractivity contribution is 6.31. The SMILES string of the molecule is CC(NC(=O)C(C)N1C(=O)c2ccccc2C1=O)c1ccccc1Cl. The molecule has 0 saturated heterocycles. The molecule has 0 saturated carbocycles. The van der Waals surface area contributed by atoms with Gasteiger partial charge in [0.05, 0.1) is 17.2 Å². The van der Waals surface area contributed by atoms with Crippen LogP contribution in [0.5, 0.6) is 0 Å². The van der Waals surface area contributed by atoms with E-state index in [0.29, 0.717) is 16.1 Å². The van der Waals surface area contributed by atoms with Crippen molar-refractivity contribution in [3.63, 3.8) is 0 Å². The summed E-state index contributed by atoms with van der Waals surface area (Å²) in [7, 11) is 0. The van der Waals surface area contributed by atoms with Crippen LogP contribution in [0.3, 0.4) is 0 Å². The molecule has 0 aliphatic carbocycles. The van der Waals surface area contributed by atoms with Crippen molar-refractivity contribution >= 4 is 29.3 Å². The molecule has 25 heavy (non-hydrogen) atoms. The first-order chi connectivity index (χ1) is 11.9. The van der Waals surface area contributed by atoms with E-state index in [4.69, 9.17) is 11.6 Å². The van der Waals surface area contributed by atoms with Gasteiger partial charge in [-0.15, -0.1) is 0 Å². The third-order valence-electron chi connectivity index (χ3n) is 4.32. The number of carbonyl (C=O) groups excluding carboxylic acids is 3. The fraction of sp³-hybridized carbons (Fsp3) is 0.211. The Hall–Kier alpha value is -2.66. The zero-order valence-electron chi connectivity index (χ0n) is 13.8. The van der Waals surface area contributed by atoms with Crippen LogP contribution in [0.25, 0.3) is 0 Å². The largest absolute Gasteiger partial charge is 0.348 e. The number of halogens is 1. The number of carbonyl (C=O) groups is 3. The molecule has 1 N–H and O–H groups in total. The number of imide groups is 1. The molecular weight excluding hydrogens is 340 g/mol. The highest BCUT2D eigenvalue weighted by Crippen LogP contribution is 2.26. The van der Waals surface area contributed by atoms with Crippen LogP contribution in [0, 0.1) is 0 Å². The van der Waals surface area contributed by atoms with Gasteiger partial charge in [0.1, 0.15) is 6.04 Å². The van der Waals surface area contributed by atoms with Gasteiger partial charge in [-0.2, -0.15) is 0 Å². The van der Waals surface area contributed by atoms with Gasteiger partial charge in [-0.25, -0.2) is 0 Å². The van der Waals surface area contributed by atoms with Crippen molar-refractivity contribution < 1.29 is 14.4 Å². The molecule has 2 aromatic rings. The lowest BCUT2D eigenvalue weighted by atomic mass is 10.1. The van der Waals surface area contributed by atoms with Crippen LogP contribution in [-0.4, -0.2) is 28.7 Å². The Bertz CT molecular complexity index is 830. The van der Waals surface area contributed by atoms with Crippen LogP contribution >= 0.6 is 11.6 Å². The Morgan fingerprint density at radius 2 is 1.48 bits per heavy atom. The average Bonchev–Trinajstić information content (AvgIpc) is 2.86. The minimum Gasteiger partial charge on any atom is -0.348 e. The molecule has 0 aromatic heterocycles. The second-order valence-electron chi connectivity index (χ2n) is 5.95. The van der Waals surface area contributed by atoms with Gasteiger partial charge in [-0.3, -0.25) is 19.3 Å². The molecule has 1 aliphatic heterocycles. The van der Waals surface area contributed by atoms with Gasteiger partial charge in [0.15, 0.2) is 0 Å². The van der Waals surface area contributed by atoms with Crippen LogP contribution in [0.15, 0.2) is 48.5 Å². The second-order valence-corrected chi connectivity index (χ2v) is 6.36. The van der Waals surface area contributed by atoms with Crippen molar-refractivity contribution in [2.45, 2.75) is 25.9 Å². The lowest BCUT2D eigenvalue weighted by Gasteiger charge is -2.24. The molecule has 128 valence electrons. The van der Waals surface area contributed by atoms with Crippen molar-refractivity contribution in [2.24, 2.45) is 0 Å². The van der Waals surface area contributed by atoms with Gasteiger partial charge in [0.2, 0.25) is 5.91 Å². The fourth-order valence-electron chi connectivity index (χ4n) is 2.91. The van der Waals surface area contributed by atoms with Crippen molar-refractivity contribution in [3.05, 3.63) is 70.2 Å². The molecule has 1 aliphatic rings. The summed E-state index contributed by atoms with van der Waals surface area (Å²) < 4.78 is 0. The molecule has 0 radical (unpaired) electrons. The number of fused-ring (bicyclic) bond motifs is 1. The fourth-order valence-corrected chi connectivity index (χ4v) is 3.21. The predicted molar refractivity (Wildman–Crippen MR) is 94.4 cm³/mol. The monoisotopic (exact) mass is 356 g/mol. The maximum atomic E-state index is 12.6. The molecule has 0 bridgehead atoms. The van der Waals surface area contributed by atoms with E-state index in [1.165, 1.54) is 6.92 Å². The summed E-state index contributed by atoms with van der Waals surface area (Å²) in [5.41, 5.74) is 1.42. The van der Waals surface area contributed by atoms with E-state index in [0.717, 1.165) is 10.5 Å². The Kier molecular flexibility index (Phi) is 4.59. The third kappa shape index (κ3) is 3.03. The Labute approximate surface area is 150 Å². The lowest BCUT2D eigenvalue weighted by Crippen LogP contribution is -2.48. The normalized spacial score (nSPS) is 15.7. The zero-order chi connectivity index (χ0) is 18.1. The van der Waals surface area contributed by atoms with E-state index < -0.39 is 23.8 Å². The molecule has 3 rings (SSSR count). The molecule has 0 fully saturated rings. The summed E-state index contributed by atoms with van der Waals surface area (Å²) in [6.45, 7) is 3.34. The van der Waals surface area contributed by atoms with Gasteiger partial charge < -0.3 is 5.32 Å². The van der Waals surface area contributed by atoms with Crippen molar-refractivity contribution in [2.75, 3.05) is 0 Å². The van der Waals surface area contributed by atoms with E-state index in [2.05, 4.69) is 5.32 Å². The standard InChI is InChI=1S/C19H17ClN2O3/c1-11(13-7-5-6-10-16(13)20)21-17(23)12(2)22-18(24)14-8-3-4-9-15(14)19(22)25/h3-12H,1-2H3,(H,21,23). The van der Waals surface area contributed by atoms with Gasteiger partial charge >= 0.3 is 0 Å². The molecule has 2 aromatic carbocycles. The Balaban J connectivity index is 1.77. The lowest BCUT2D eigenvalue weighted by molar-refractivity contribution is -0.125. The first-order valence-electron chi connectivity index (χ1n) is 7.93. The van der Waals surface area contributed by atoms with Crippen LogP contribution in [0.1, 0.15) is 46.2 Å². The molecule has 0 spiro atoms. The van der Waals surface area contributed by atoms with Crippen LogP contribution in [0.4, 0.5) is 0 Å². The summed E-state index contributed by atoms with van der Waals surface area (Å²) in [4.78, 5) is 38.5. The van der Waals surface area contributed by atoms with Gasteiger partial charge in [0.25, 0.3) is 11.8 Å². The van der Waals surface area contributed by atoms with E-state index in [9.17, 15) is 14.4 Å². The topological polar surface area (TPSA) is 66.5 Å². The maximum Gasteiger partial charge on any atom is 0.262 e. The first kappa shape index (κ1) is 17.2. The van der Waals surface area contributed by atoms with E-state index in [-0.39, 0.29) is 6.04 Å². The smallest absolute Gasteiger partial charge is 0.262 e. The van der Waals surface area contributed by atoms with Gasteiger partial charge in [-0.1, -0.05) is 41.9 Å². The predicted octanol–water partition coefficient (Wildman–Crippen LogP) is 3.20. The van der Waals surface area contributed by atoms with Crippen LogP contribution < -0.4 is 5.32 Å². The number of rotatable bonds is 4. The van der Waals surface area contributed by atoms with Crippen molar-refractivity contribution in [3.8, 4) is 0 Å². The summed E-state index contributed by atoms with van der Waals surface area (Å²) in [6, 6.07) is 12.5. The molecule has 2 unspecified atom stereocenters. The summed E-state index contributed by atoms with van der Waals surface area (Å²) in [5.74, 6) is -1.32. The molecule has 6 heteroatoms. The minimum absolute atomic E-state index is 0.325. The van der Waals surface area contributed by atoms with Gasteiger partial charge in [-0.05, 0) is 37.6 Å². The number of amides is 3. The van der Waals surface area contributed by atoms with E-state index in [1.807, 2.05) is 18.2 Å². The van der Waals surface area contributed by atoms with Crippen LogP contribution in [0.2, 0.25) is 5.02 Å². The van der Waals surface area contributed by atoms with Crippen molar-refractivity contribution in [1.82, 2.24) is 10.2 Å². The number of nitrogens with zero attached hydrogens (tertiary/aromatic N) is 1. The number of hydrogen-bond donors (Lipinski definition) is 1. The third-order valence-corrected chi connectivity index (χ3v) is 4.67. The Morgan fingerprint density at radius 1 is 0.960 bits per heavy atom. The number of hydrogen-bond acceptors (Lipinski definition) is 3. The quantitative estimate of drug-likeness (QED) is 0.855. The summed E-state index contributed by atoms with van der Waals surface area (Å²) in [5, 5.41) is 3.36. The van der Waals surface area contributed by atoms with Crippen LogP contribution in [-0.2, 0) is 4.79 Å².